The Morgan fingerprint density at radius 2 is 1.50 bits per heavy atom. The van der Waals surface area contributed by atoms with E-state index in [2.05, 4.69) is 26.2 Å². The molecule has 0 aliphatic carbocycles. The second-order valence-corrected chi connectivity index (χ2v) is 6.34. The van der Waals surface area contributed by atoms with Gasteiger partial charge in [-0.1, -0.05) is 23.8 Å². The summed E-state index contributed by atoms with van der Waals surface area (Å²) in [6.07, 6.45) is 0.690. The normalized spacial score (nSPS) is 10.1. The van der Waals surface area contributed by atoms with Gasteiger partial charge in [0.05, 0.1) is 25.3 Å². The van der Waals surface area contributed by atoms with Crippen molar-refractivity contribution in [3.8, 4) is 0 Å². The number of hydrogen-bond donors (Lipinski definition) is 2. The number of urea groups is 1. The minimum absolute atomic E-state index is 0.135. The van der Waals surface area contributed by atoms with E-state index in [0.717, 1.165) is 5.56 Å². The third-order valence-electron chi connectivity index (χ3n) is 4.21. The first-order chi connectivity index (χ1) is 13.3. The molecule has 2 rings (SSSR count). The van der Waals surface area contributed by atoms with Crippen LogP contribution in [-0.2, 0) is 15.9 Å². The summed E-state index contributed by atoms with van der Waals surface area (Å²) >= 11 is 0. The smallest absolute Gasteiger partial charge is 0.337 e. The first-order valence-corrected chi connectivity index (χ1v) is 8.76. The molecule has 0 saturated carbocycles. The number of anilines is 1. The van der Waals surface area contributed by atoms with Gasteiger partial charge in [0.15, 0.2) is 0 Å². The maximum absolute atomic E-state index is 12.2. The minimum Gasteiger partial charge on any atom is -0.465 e. The van der Waals surface area contributed by atoms with E-state index in [1.807, 2.05) is 26.0 Å². The number of ether oxygens (including phenoxy) is 2. The largest absolute Gasteiger partial charge is 0.465 e. The van der Waals surface area contributed by atoms with Gasteiger partial charge in [-0.25, -0.2) is 14.4 Å². The molecule has 2 N–H and O–H groups in total. The number of aryl methyl sites for hydroxylation is 2. The summed E-state index contributed by atoms with van der Waals surface area (Å²) in [5, 5.41) is 5.39. The van der Waals surface area contributed by atoms with Crippen molar-refractivity contribution in [1.29, 1.82) is 0 Å². The first kappa shape index (κ1) is 21.0. The van der Waals surface area contributed by atoms with Crippen molar-refractivity contribution >= 4 is 23.7 Å². The standard InChI is InChI=1S/C21H24N2O5/c1-13-5-6-15(14(2)9-13)7-8-22-21(26)23-18-11-16(19(24)27-3)10-17(12-18)20(25)28-4/h5-6,9-12H,7-8H2,1-4H3,(H2,22,23,26). The van der Waals surface area contributed by atoms with E-state index in [-0.39, 0.29) is 16.8 Å². The van der Waals surface area contributed by atoms with Crippen LogP contribution in [0.25, 0.3) is 0 Å². The van der Waals surface area contributed by atoms with Crippen molar-refractivity contribution < 1.29 is 23.9 Å². The Labute approximate surface area is 164 Å². The summed E-state index contributed by atoms with van der Waals surface area (Å²) in [6.45, 7) is 4.51. The second-order valence-electron chi connectivity index (χ2n) is 6.34. The van der Waals surface area contributed by atoms with Gasteiger partial charge in [0.25, 0.3) is 0 Å². The third-order valence-corrected chi connectivity index (χ3v) is 4.21. The van der Waals surface area contributed by atoms with Gasteiger partial charge in [0, 0.05) is 12.2 Å². The van der Waals surface area contributed by atoms with E-state index >= 15 is 0 Å². The highest BCUT2D eigenvalue weighted by atomic mass is 16.5. The van der Waals surface area contributed by atoms with Gasteiger partial charge < -0.3 is 20.1 Å². The Morgan fingerprint density at radius 1 is 0.893 bits per heavy atom. The lowest BCUT2D eigenvalue weighted by Crippen LogP contribution is -2.30. The quantitative estimate of drug-likeness (QED) is 0.746. The van der Waals surface area contributed by atoms with E-state index in [1.165, 1.54) is 43.5 Å². The average molecular weight is 384 g/mol. The molecule has 0 bridgehead atoms. The summed E-state index contributed by atoms with van der Waals surface area (Å²) in [4.78, 5) is 35.8. The molecule has 0 aliphatic rings. The molecule has 0 saturated heterocycles. The molecule has 0 aliphatic heterocycles. The van der Waals surface area contributed by atoms with Crippen molar-refractivity contribution in [2.24, 2.45) is 0 Å². The predicted molar refractivity (Wildman–Crippen MR) is 106 cm³/mol. The van der Waals surface area contributed by atoms with Gasteiger partial charge >= 0.3 is 18.0 Å². The Kier molecular flexibility index (Phi) is 7.14. The molecule has 0 fully saturated rings. The summed E-state index contributed by atoms with van der Waals surface area (Å²) in [7, 11) is 2.47. The number of hydrogen-bond acceptors (Lipinski definition) is 5. The molecular formula is C21H24N2O5. The molecule has 7 heteroatoms. The number of methoxy groups -OCH3 is 2. The fraction of sp³-hybridized carbons (Fsp3) is 0.286. The van der Waals surface area contributed by atoms with Crippen LogP contribution < -0.4 is 10.6 Å². The van der Waals surface area contributed by atoms with Gasteiger partial charge in [0.2, 0.25) is 0 Å². The van der Waals surface area contributed by atoms with Crippen LogP contribution in [0.15, 0.2) is 36.4 Å². The molecule has 148 valence electrons. The van der Waals surface area contributed by atoms with Crippen LogP contribution in [0.4, 0.5) is 10.5 Å². The number of esters is 2. The van der Waals surface area contributed by atoms with Crippen molar-refractivity contribution in [3.63, 3.8) is 0 Å². The fourth-order valence-corrected chi connectivity index (χ4v) is 2.78. The lowest BCUT2D eigenvalue weighted by Gasteiger charge is -2.11. The molecule has 2 amide bonds. The van der Waals surface area contributed by atoms with Crippen LogP contribution in [0.1, 0.15) is 37.4 Å². The van der Waals surface area contributed by atoms with Gasteiger partial charge in [-0.2, -0.15) is 0 Å². The summed E-state index contributed by atoms with van der Waals surface area (Å²) in [5.74, 6) is -1.24. The Morgan fingerprint density at radius 3 is 2.04 bits per heavy atom. The molecule has 0 heterocycles. The highest BCUT2D eigenvalue weighted by Crippen LogP contribution is 2.17. The van der Waals surface area contributed by atoms with Crippen LogP contribution in [0.3, 0.4) is 0 Å². The molecule has 0 aromatic heterocycles. The highest BCUT2D eigenvalue weighted by molar-refractivity contribution is 5.99. The Bertz CT molecular complexity index is 858. The zero-order valence-corrected chi connectivity index (χ0v) is 16.4. The zero-order chi connectivity index (χ0) is 20.7. The molecule has 7 nitrogen and oxygen atoms in total. The van der Waals surface area contributed by atoms with Gasteiger partial charge in [-0.3, -0.25) is 0 Å². The SMILES string of the molecule is COC(=O)c1cc(NC(=O)NCCc2ccc(C)cc2C)cc(C(=O)OC)c1. The number of amides is 2. The van der Waals surface area contributed by atoms with Gasteiger partial charge in [0.1, 0.15) is 0 Å². The minimum atomic E-state index is -0.621. The van der Waals surface area contributed by atoms with Crippen LogP contribution in [0.2, 0.25) is 0 Å². The van der Waals surface area contributed by atoms with E-state index in [1.54, 1.807) is 0 Å². The number of benzene rings is 2. The van der Waals surface area contributed by atoms with E-state index < -0.39 is 18.0 Å². The maximum Gasteiger partial charge on any atom is 0.337 e. The Hall–Kier alpha value is -3.35. The number of nitrogens with one attached hydrogen (secondary N) is 2. The average Bonchev–Trinajstić information content (AvgIpc) is 2.68. The molecule has 2 aromatic rings. The van der Waals surface area contributed by atoms with E-state index in [9.17, 15) is 14.4 Å². The van der Waals surface area contributed by atoms with Gasteiger partial charge in [-0.15, -0.1) is 0 Å². The monoisotopic (exact) mass is 384 g/mol. The zero-order valence-electron chi connectivity index (χ0n) is 16.4. The van der Waals surface area contributed by atoms with Crippen LogP contribution in [0.5, 0.6) is 0 Å². The lowest BCUT2D eigenvalue weighted by atomic mass is 10.0. The molecule has 0 atom stereocenters. The van der Waals surface area contributed by atoms with Crippen LogP contribution >= 0.6 is 0 Å². The predicted octanol–water partition coefficient (Wildman–Crippen LogP) is 3.24. The van der Waals surface area contributed by atoms with E-state index in [4.69, 9.17) is 0 Å². The van der Waals surface area contributed by atoms with Gasteiger partial charge in [-0.05, 0) is 49.6 Å². The van der Waals surface area contributed by atoms with Crippen molar-refractivity contribution in [2.75, 3.05) is 26.1 Å². The Balaban J connectivity index is 2.03. The first-order valence-electron chi connectivity index (χ1n) is 8.76. The molecule has 28 heavy (non-hydrogen) atoms. The number of carbonyl (C=O) groups excluding carboxylic acids is 3. The molecule has 0 unspecified atom stereocenters. The molecular weight excluding hydrogens is 360 g/mol. The molecule has 2 aromatic carbocycles. The van der Waals surface area contributed by atoms with Crippen molar-refractivity contribution in [3.05, 3.63) is 64.2 Å². The lowest BCUT2D eigenvalue weighted by molar-refractivity contribution is 0.0599. The fourth-order valence-electron chi connectivity index (χ4n) is 2.78. The summed E-state index contributed by atoms with van der Waals surface area (Å²) < 4.78 is 9.36. The van der Waals surface area contributed by atoms with Crippen LogP contribution in [-0.4, -0.2) is 38.7 Å². The topological polar surface area (TPSA) is 93.7 Å². The third kappa shape index (κ3) is 5.57. The van der Waals surface area contributed by atoms with E-state index in [0.29, 0.717) is 13.0 Å². The maximum atomic E-state index is 12.2. The number of rotatable bonds is 6. The molecule has 0 spiro atoms. The van der Waals surface area contributed by atoms with Crippen molar-refractivity contribution in [1.82, 2.24) is 5.32 Å². The van der Waals surface area contributed by atoms with Crippen LogP contribution in [0, 0.1) is 13.8 Å². The summed E-state index contributed by atoms with van der Waals surface area (Å²) in [6, 6.07) is 9.96. The van der Waals surface area contributed by atoms with Crippen molar-refractivity contribution in [2.45, 2.75) is 20.3 Å². The second kappa shape index (κ2) is 9.55. The highest BCUT2D eigenvalue weighted by Gasteiger charge is 2.15. The summed E-state index contributed by atoms with van der Waals surface area (Å²) in [5.41, 5.74) is 4.08. The molecule has 0 radical (unpaired) electrons. The number of carbonyl (C=O) groups is 3.